The smallest absolute Gasteiger partial charge is 0.352 e. The summed E-state index contributed by atoms with van der Waals surface area (Å²) >= 11 is -0.160. The van der Waals surface area contributed by atoms with Gasteiger partial charge in [-0.1, -0.05) is 13.3 Å². The molecule has 1 rings (SSSR count). The average molecular weight is 422 g/mol. The molecule has 0 aromatic heterocycles. The summed E-state index contributed by atoms with van der Waals surface area (Å²) in [5, 5.41) is 0. The summed E-state index contributed by atoms with van der Waals surface area (Å²) in [5.74, 6) is -11.6. The van der Waals surface area contributed by atoms with Crippen LogP contribution in [0, 0.1) is 0 Å². The number of halogens is 9. The standard InChI is InChI=1S/C13H19F9OSSi/c1-7(25(2)6-4-3-5-23-25)24-11(18)13(21,22)12(19,20)9(15)8(14)10(16)17/h7-11H,3-6H2,1-2H3. The van der Waals surface area contributed by atoms with Gasteiger partial charge in [0.05, 0.1) is 0 Å². The van der Waals surface area contributed by atoms with Crippen molar-refractivity contribution in [2.75, 3.05) is 6.61 Å². The van der Waals surface area contributed by atoms with Crippen molar-refractivity contribution in [1.82, 2.24) is 0 Å². The highest BCUT2D eigenvalue weighted by Gasteiger charge is 2.69. The minimum atomic E-state index is -5.93. The van der Waals surface area contributed by atoms with Gasteiger partial charge in [-0.15, -0.1) is 11.8 Å². The van der Waals surface area contributed by atoms with Crippen molar-refractivity contribution in [3.05, 3.63) is 0 Å². The van der Waals surface area contributed by atoms with Gasteiger partial charge in [-0.2, -0.15) is 17.6 Å². The molecule has 0 aliphatic carbocycles. The normalized spacial score (nSPS) is 27.8. The lowest BCUT2D eigenvalue weighted by Crippen LogP contribution is -2.57. The van der Waals surface area contributed by atoms with Gasteiger partial charge in [-0.25, -0.2) is 22.0 Å². The summed E-state index contributed by atoms with van der Waals surface area (Å²) in [7, 11) is -2.65. The van der Waals surface area contributed by atoms with E-state index in [0.29, 0.717) is 12.7 Å². The van der Waals surface area contributed by atoms with Crippen molar-refractivity contribution in [2.24, 2.45) is 0 Å². The Balaban J connectivity index is 2.88. The molecule has 0 saturated carbocycles. The molecule has 1 heterocycles. The molecule has 1 aliphatic rings. The molecular weight excluding hydrogens is 403 g/mol. The molecule has 0 radical (unpaired) electrons. The van der Waals surface area contributed by atoms with Gasteiger partial charge in [0.15, 0.2) is 6.17 Å². The molecule has 5 unspecified atom stereocenters. The number of alkyl halides is 9. The molecule has 0 aromatic carbocycles. The van der Waals surface area contributed by atoms with Crippen molar-refractivity contribution in [3.8, 4) is 0 Å². The quantitative estimate of drug-likeness (QED) is 0.375. The molecule has 25 heavy (non-hydrogen) atoms. The summed E-state index contributed by atoms with van der Waals surface area (Å²) in [5.41, 5.74) is -3.60. The Bertz CT molecular complexity index is 434. The molecule has 0 N–H and O–H groups in total. The van der Waals surface area contributed by atoms with Crippen LogP contribution < -0.4 is 0 Å². The molecule has 0 amide bonds. The lowest BCUT2D eigenvalue weighted by molar-refractivity contribution is -0.264. The fourth-order valence-electron chi connectivity index (χ4n) is 2.35. The fourth-order valence-corrected chi connectivity index (χ4v) is 7.45. The first-order chi connectivity index (χ1) is 11.3. The van der Waals surface area contributed by atoms with Crippen molar-refractivity contribution < 1.29 is 43.9 Å². The molecule has 12 heteroatoms. The molecule has 0 spiro atoms. The first kappa shape index (κ1) is 22.9. The zero-order chi connectivity index (χ0) is 19.6. The van der Waals surface area contributed by atoms with Crippen LogP contribution >= 0.6 is 11.8 Å². The molecule has 0 aromatic rings. The first-order valence-corrected chi connectivity index (χ1v) is 11.2. The van der Waals surface area contributed by atoms with Gasteiger partial charge < -0.3 is 4.43 Å². The lowest BCUT2D eigenvalue weighted by atomic mass is 10.0. The highest BCUT2D eigenvalue weighted by molar-refractivity contribution is 8.02. The van der Waals surface area contributed by atoms with Gasteiger partial charge in [0.25, 0.3) is 6.43 Å². The van der Waals surface area contributed by atoms with Gasteiger partial charge in [-0.3, -0.25) is 0 Å². The zero-order valence-electron chi connectivity index (χ0n) is 13.4. The fraction of sp³-hybridized carbons (Fsp3) is 1.00. The highest BCUT2D eigenvalue weighted by Crippen LogP contribution is 2.49. The van der Waals surface area contributed by atoms with E-state index >= 15 is 0 Å². The van der Waals surface area contributed by atoms with Gasteiger partial charge in [-0.05, 0) is 19.0 Å². The van der Waals surface area contributed by atoms with Gasteiger partial charge in [0.1, 0.15) is 0 Å². The molecule has 0 bridgehead atoms. The topological polar surface area (TPSA) is 9.23 Å². The Morgan fingerprint density at radius 3 is 1.96 bits per heavy atom. The lowest BCUT2D eigenvalue weighted by Gasteiger charge is -2.38. The second-order valence-corrected chi connectivity index (χ2v) is 12.2. The van der Waals surface area contributed by atoms with E-state index in [0.717, 1.165) is 12.8 Å². The largest absolute Gasteiger partial charge is 0.416 e. The van der Waals surface area contributed by atoms with E-state index in [-0.39, 0.29) is 11.8 Å². The minimum Gasteiger partial charge on any atom is -0.416 e. The van der Waals surface area contributed by atoms with Crippen LogP contribution in [0.2, 0.25) is 12.6 Å². The Morgan fingerprint density at radius 2 is 1.52 bits per heavy atom. The highest BCUT2D eigenvalue weighted by atomic mass is 32.2. The first-order valence-electron chi connectivity index (χ1n) is 7.52. The second-order valence-electron chi connectivity index (χ2n) is 6.14. The van der Waals surface area contributed by atoms with E-state index in [9.17, 15) is 39.5 Å². The maximum atomic E-state index is 13.9. The van der Waals surface area contributed by atoms with Gasteiger partial charge >= 0.3 is 11.8 Å². The van der Waals surface area contributed by atoms with Crippen molar-refractivity contribution >= 4 is 20.1 Å². The van der Waals surface area contributed by atoms with Crippen LogP contribution in [0.5, 0.6) is 0 Å². The Labute approximate surface area is 144 Å². The van der Waals surface area contributed by atoms with Crippen molar-refractivity contribution in [2.45, 2.75) is 73.3 Å². The minimum absolute atomic E-state index is 0.160. The zero-order valence-corrected chi connectivity index (χ0v) is 15.2. The van der Waals surface area contributed by atoms with E-state index in [1.165, 1.54) is 6.92 Å². The summed E-state index contributed by atoms with van der Waals surface area (Å²) in [6.07, 6.45) is -11.5. The molecule has 1 nitrogen and oxygen atoms in total. The molecule has 1 saturated heterocycles. The number of rotatable bonds is 8. The van der Waals surface area contributed by atoms with Crippen LogP contribution in [-0.2, 0) is 4.43 Å². The third-order valence-corrected chi connectivity index (χ3v) is 11.1. The predicted molar refractivity (Wildman–Crippen MR) is 79.3 cm³/mol. The number of hydrogen-bond donors (Lipinski definition) is 0. The third kappa shape index (κ3) is 4.79. The molecule has 150 valence electrons. The molecule has 1 fully saturated rings. The predicted octanol–water partition coefficient (Wildman–Crippen LogP) is 5.54. The molecular formula is C13H19F9OSSi. The van der Waals surface area contributed by atoms with Crippen LogP contribution in [0.15, 0.2) is 0 Å². The molecule has 1 aliphatic heterocycles. The van der Waals surface area contributed by atoms with E-state index in [1.807, 2.05) is 0 Å². The van der Waals surface area contributed by atoms with E-state index in [1.54, 1.807) is 6.55 Å². The summed E-state index contributed by atoms with van der Waals surface area (Å²) in [4.78, 5) is -0.876. The number of hydrogen-bond acceptors (Lipinski definition) is 2. The monoisotopic (exact) mass is 422 g/mol. The van der Waals surface area contributed by atoms with Crippen molar-refractivity contribution in [1.29, 1.82) is 0 Å². The SMILES string of the molecule is CC(SC(F)C(F)(F)C(F)(F)C(F)C(F)C(F)F)[Si]1(C)CCCCO1. The van der Waals surface area contributed by atoms with Crippen LogP contribution in [0.25, 0.3) is 0 Å². The summed E-state index contributed by atoms with van der Waals surface area (Å²) in [6.45, 7) is 3.33. The van der Waals surface area contributed by atoms with Gasteiger partial charge in [0.2, 0.25) is 20.0 Å². The average Bonchev–Trinajstić information content (AvgIpc) is 2.53. The van der Waals surface area contributed by atoms with E-state index in [2.05, 4.69) is 0 Å². The van der Waals surface area contributed by atoms with E-state index < -0.39 is 49.3 Å². The van der Waals surface area contributed by atoms with Crippen molar-refractivity contribution in [3.63, 3.8) is 0 Å². The Morgan fingerprint density at radius 1 is 0.960 bits per heavy atom. The van der Waals surface area contributed by atoms with Crippen LogP contribution in [-0.4, -0.2) is 55.9 Å². The third-order valence-electron chi connectivity index (χ3n) is 4.28. The summed E-state index contributed by atoms with van der Waals surface area (Å²) < 4.78 is 124. The number of thioether (sulfide) groups is 1. The van der Waals surface area contributed by atoms with Crippen LogP contribution in [0.4, 0.5) is 39.5 Å². The van der Waals surface area contributed by atoms with E-state index in [4.69, 9.17) is 4.43 Å². The maximum Gasteiger partial charge on any atom is 0.352 e. The second kappa shape index (κ2) is 8.28. The van der Waals surface area contributed by atoms with Crippen LogP contribution in [0.1, 0.15) is 19.8 Å². The Kier molecular flexibility index (Phi) is 7.60. The van der Waals surface area contributed by atoms with Gasteiger partial charge in [0, 0.05) is 11.5 Å². The summed E-state index contributed by atoms with van der Waals surface area (Å²) in [6, 6.07) is 0.513. The Hall–Kier alpha value is -0.103. The van der Waals surface area contributed by atoms with Crippen LogP contribution in [0.3, 0.4) is 0 Å². The molecule has 5 atom stereocenters. The maximum absolute atomic E-state index is 13.9.